The molecular formula is C16H17ClN2O. The molecular weight excluding hydrogens is 272 g/mol. The summed E-state index contributed by atoms with van der Waals surface area (Å²) >= 11 is 6.01. The van der Waals surface area contributed by atoms with E-state index in [-0.39, 0.29) is 0 Å². The first kappa shape index (κ1) is 14.5. The van der Waals surface area contributed by atoms with Crippen LogP contribution >= 0.6 is 11.6 Å². The van der Waals surface area contributed by atoms with Crippen molar-refractivity contribution in [3.8, 4) is 11.6 Å². The molecule has 0 amide bonds. The highest BCUT2D eigenvalue weighted by Crippen LogP contribution is 2.26. The highest BCUT2D eigenvalue weighted by Gasteiger charge is 2.07. The van der Waals surface area contributed by atoms with Crippen LogP contribution in [0.2, 0.25) is 5.15 Å². The summed E-state index contributed by atoms with van der Waals surface area (Å²) in [6.45, 7) is 4.05. The highest BCUT2D eigenvalue weighted by atomic mass is 35.5. The number of benzene rings is 1. The van der Waals surface area contributed by atoms with Crippen LogP contribution in [0.5, 0.6) is 11.6 Å². The van der Waals surface area contributed by atoms with Gasteiger partial charge in [-0.25, -0.2) is 4.98 Å². The number of allylic oxidation sites excluding steroid dienone is 1. The van der Waals surface area contributed by atoms with Gasteiger partial charge in [-0.1, -0.05) is 48.9 Å². The zero-order valence-electron chi connectivity index (χ0n) is 11.6. The molecule has 20 heavy (non-hydrogen) atoms. The minimum atomic E-state index is 0.405. The minimum Gasteiger partial charge on any atom is -0.438 e. The molecule has 0 aliphatic rings. The fourth-order valence-electron chi connectivity index (χ4n) is 1.83. The Morgan fingerprint density at radius 3 is 2.80 bits per heavy atom. The van der Waals surface area contributed by atoms with Crippen LogP contribution in [0, 0.1) is 0 Å². The van der Waals surface area contributed by atoms with Gasteiger partial charge in [0.15, 0.2) is 0 Å². The molecule has 0 bridgehead atoms. The van der Waals surface area contributed by atoms with Crippen LogP contribution in [-0.2, 0) is 6.42 Å². The topological polar surface area (TPSA) is 35.0 Å². The van der Waals surface area contributed by atoms with Crippen molar-refractivity contribution in [1.82, 2.24) is 9.97 Å². The lowest BCUT2D eigenvalue weighted by molar-refractivity contribution is 0.457. The highest BCUT2D eigenvalue weighted by molar-refractivity contribution is 6.29. The van der Waals surface area contributed by atoms with Crippen molar-refractivity contribution in [1.29, 1.82) is 0 Å². The first-order chi connectivity index (χ1) is 9.72. The first-order valence-electron chi connectivity index (χ1n) is 6.66. The predicted molar refractivity (Wildman–Crippen MR) is 82.3 cm³/mol. The Hall–Kier alpha value is -1.87. The summed E-state index contributed by atoms with van der Waals surface area (Å²) in [5.41, 5.74) is 1.00. The molecule has 1 aromatic heterocycles. The fraction of sp³-hybridized carbons (Fsp3) is 0.250. The van der Waals surface area contributed by atoms with E-state index in [2.05, 4.69) is 16.9 Å². The second-order valence-electron chi connectivity index (χ2n) is 4.34. The van der Waals surface area contributed by atoms with Crippen LogP contribution in [0.4, 0.5) is 0 Å². The van der Waals surface area contributed by atoms with E-state index in [0.29, 0.717) is 16.9 Å². The van der Waals surface area contributed by atoms with Crippen LogP contribution in [0.1, 0.15) is 31.7 Å². The van der Waals surface area contributed by atoms with Crippen LogP contribution in [0.25, 0.3) is 6.08 Å². The van der Waals surface area contributed by atoms with Crippen molar-refractivity contribution in [3.05, 3.63) is 52.9 Å². The summed E-state index contributed by atoms with van der Waals surface area (Å²) in [6, 6.07) is 9.43. The van der Waals surface area contributed by atoms with Gasteiger partial charge in [-0.2, -0.15) is 4.98 Å². The molecule has 0 unspecified atom stereocenters. The summed E-state index contributed by atoms with van der Waals surface area (Å²) < 4.78 is 5.84. The molecule has 1 aromatic carbocycles. The number of para-hydroxylation sites is 1. The van der Waals surface area contributed by atoms with E-state index >= 15 is 0 Å². The molecule has 1 heterocycles. The van der Waals surface area contributed by atoms with Crippen molar-refractivity contribution in [2.75, 3.05) is 0 Å². The molecule has 0 atom stereocenters. The number of ether oxygens (including phenoxy) is 1. The molecule has 0 aliphatic carbocycles. The van der Waals surface area contributed by atoms with Crippen molar-refractivity contribution in [3.63, 3.8) is 0 Å². The average molecular weight is 289 g/mol. The molecule has 0 radical (unpaired) electrons. The molecule has 0 fully saturated rings. The third kappa shape index (κ3) is 3.81. The molecule has 0 N–H and O–H groups in total. The van der Waals surface area contributed by atoms with Crippen molar-refractivity contribution in [2.45, 2.75) is 26.7 Å². The Kier molecular flexibility index (Phi) is 5.13. The van der Waals surface area contributed by atoms with Crippen LogP contribution in [-0.4, -0.2) is 9.97 Å². The summed E-state index contributed by atoms with van der Waals surface area (Å²) in [7, 11) is 0. The second-order valence-corrected chi connectivity index (χ2v) is 4.72. The largest absolute Gasteiger partial charge is 0.438 e. The maximum Gasteiger partial charge on any atom is 0.224 e. The van der Waals surface area contributed by atoms with Crippen molar-refractivity contribution in [2.24, 2.45) is 0 Å². The van der Waals surface area contributed by atoms with Gasteiger partial charge in [-0.15, -0.1) is 0 Å². The van der Waals surface area contributed by atoms with E-state index in [0.717, 1.165) is 24.2 Å². The fourth-order valence-corrected chi connectivity index (χ4v) is 2.02. The SMILES string of the molecule is C/C=C/c1ccccc1Oc1cc(Cl)nc(CCC)n1. The van der Waals surface area contributed by atoms with Crippen molar-refractivity contribution >= 4 is 17.7 Å². The summed E-state index contributed by atoms with van der Waals surface area (Å²) in [5.74, 6) is 1.94. The number of hydrogen-bond acceptors (Lipinski definition) is 3. The zero-order chi connectivity index (χ0) is 14.4. The smallest absolute Gasteiger partial charge is 0.224 e. The lowest BCUT2D eigenvalue weighted by Crippen LogP contribution is -1.98. The molecule has 104 valence electrons. The number of rotatable bonds is 5. The van der Waals surface area contributed by atoms with Crippen LogP contribution in [0.15, 0.2) is 36.4 Å². The first-order valence-corrected chi connectivity index (χ1v) is 7.03. The van der Waals surface area contributed by atoms with Gasteiger partial charge in [0.2, 0.25) is 5.88 Å². The van der Waals surface area contributed by atoms with Gasteiger partial charge in [-0.05, 0) is 19.4 Å². The van der Waals surface area contributed by atoms with Gasteiger partial charge in [0.05, 0.1) is 0 Å². The number of nitrogens with zero attached hydrogens (tertiary/aromatic N) is 2. The molecule has 3 nitrogen and oxygen atoms in total. The Morgan fingerprint density at radius 1 is 1.25 bits per heavy atom. The quantitative estimate of drug-likeness (QED) is 0.733. The Morgan fingerprint density at radius 2 is 2.05 bits per heavy atom. The third-order valence-electron chi connectivity index (χ3n) is 2.67. The molecule has 2 rings (SSSR count). The molecule has 2 aromatic rings. The molecule has 4 heteroatoms. The van der Waals surface area contributed by atoms with Gasteiger partial charge in [0.25, 0.3) is 0 Å². The number of aryl methyl sites for hydroxylation is 1. The molecule has 0 saturated carbocycles. The molecule has 0 saturated heterocycles. The number of hydrogen-bond donors (Lipinski definition) is 0. The van der Waals surface area contributed by atoms with E-state index in [1.54, 1.807) is 6.07 Å². The zero-order valence-corrected chi connectivity index (χ0v) is 12.4. The summed E-state index contributed by atoms with van der Waals surface area (Å²) in [4.78, 5) is 8.56. The van der Waals surface area contributed by atoms with Crippen LogP contribution in [0.3, 0.4) is 0 Å². The normalized spacial score (nSPS) is 10.9. The van der Waals surface area contributed by atoms with E-state index in [9.17, 15) is 0 Å². The lowest BCUT2D eigenvalue weighted by Gasteiger charge is -2.09. The van der Waals surface area contributed by atoms with E-state index in [4.69, 9.17) is 16.3 Å². The van der Waals surface area contributed by atoms with Gasteiger partial charge in [0.1, 0.15) is 16.7 Å². The van der Waals surface area contributed by atoms with E-state index in [1.165, 1.54) is 0 Å². The number of aromatic nitrogens is 2. The Bertz CT molecular complexity index is 611. The maximum atomic E-state index is 6.01. The standard InChI is InChI=1S/C16H17ClN2O/c1-3-7-12-9-5-6-10-13(12)20-16-11-14(17)18-15(19-16)8-4-2/h3,5-7,9-11H,4,8H2,1-2H3/b7-3+. The Balaban J connectivity index is 2.30. The summed E-state index contributed by atoms with van der Waals surface area (Å²) in [5, 5.41) is 0.405. The molecule has 0 aliphatic heterocycles. The predicted octanol–water partition coefficient (Wildman–Crippen LogP) is 4.91. The van der Waals surface area contributed by atoms with Gasteiger partial charge < -0.3 is 4.74 Å². The maximum absolute atomic E-state index is 6.01. The second kappa shape index (κ2) is 7.06. The molecule has 0 spiro atoms. The van der Waals surface area contributed by atoms with E-state index in [1.807, 2.05) is 43.3 Å². The van der Waals surface area contributed by atoms with Crippen LogP contribution < -0.4 is 4.74 Å². The monoisotopic (exact) mass is 288 g/mol. The Labute approximate surface area is 124 Å². The number of halogens is 1. The van der Waals surface area contributed by atoms with Gasteiger partial charge in [-0.3, -0.25) is 0 Å². The summed E-state index contributed by atoms with van der Waals surface area (Å²) in [6.07, 6.45) is 5.71. The van der Waals surface area contributed by atoms with Gasteiger partial charge in [0, 0.05) is 18.1 Å². The van der Waals surface area contributed by atoms with Crippen molar-refractivity contribution < 1.29 is 4.74 Å². The third-order valence-corrected chi connectivity index (χ3v) is 2.86. The average Bonchev–Trinajstić information content (AvgIpc) is 2.41. The minimum absolute atomic E-state index is 0.405. The lowest BCUT2D eigenvalue weighted by atomic mass is 10.2. The van der Waals surface area contributed by atoms with E-state index < -0.39 is 0 Å². The van der Waals surface area contributed by atoms with Gasteiger partial charge >= 0.3 is 0 Å².